The second kappa shape index (κ2) is 2.96. The smallest absolute Gasteiger partial charge is 0.174 e. The summed E-state index contributed by atoms with van der Waals surface area (Å²) in [5.74, 6) is 0.688. The lowest BCUT2D eigenvalue weighted by molar-refractivity contribution is -0.409. The molecule has 2 heteroatoms. The molecule has 2 aliphatic rings. The van der Waals surface area contributed by atoms with E-state index in [1.807, 2.05) is 0 Å². The van der Waals surface area contributed by atoms with Crippen molar-refractivity contribution in [3.8, 4) is 0 Å². The molecular formula is C11H20O2. The number of ether oxygens (including phenoxy) is 2. The maximum Gasteiger partial charge on any atom is 0.174 e. The Balaban J connectivity index is 1.89. The molecule has 2 fully saturated rings. The van der Waals surface area contributed by atoms with Gasteiger partial charge in [-0.1, -0.05) is 20.8 Å². The Morgan fingerprint density at radius 3 is 1.92 bits per heavy atom. The molecule has 2 nitrogen and oxygen atoms in total. The second-order valence-electron chi connectivity index (χ2n) is 5.46. The van der Waals surface area contributed by atoms with Crippen LogP contribution in [0.5, 0.6) is 0 Å². The molecule has 0 aromatic heterocycles. The van der Waals surface area contributed by atoms with Crippen molar-refractivity contribution in [1.29, 1.82) is 0 Å². The van der Waals surface area contributed by atoms with Crippen LogP contribution in [-0.4, -0.2) is 12.6 Å². The van der Waals surface area contributed by atoms with Gasteiger partial charge in [-0.25, -0.2) is 0 Å². The van der Waals surface area contributed by atoms with E-state index in [0.29, 0.717) is 12.2 Å². The van der Waals surface area contributed by atoms with Crippen molar-refractivity contribution in [2.75, 3.05) is 6.79 Å². The molecule has 0 amide bonds. The largest absolute Gasteiger partial charge is 0.324 e. The average molecular weight is 184 g/mol. The summed E-state index contributed by atoms with van der Waals surface area (Å²) in [6.07, 6.45) is 4.69. The normalized spacial score (nSPS) is 28.8. The van der Waals surface area contributed by atoms with Gasteiger partial charge in [0.1, 0.15) is 0 Å². The van der Waals surface area contributed by atoms with E-state index in [4.69, 9.17) is 9.47 Å². The zero-order chi connectivity index (χ0) is 9.53. The van der Waals surface area contributed by atoms with Crippen LogP contribution in [0.3, 0.4) is 0 Å². The highest BCUT2D eigenvalue weighted by Crippen LogP contribution is 2.45. The highest BCUT2D eigenvalue weighted by molar-refractivity contribution is 4.86. The quantitative estimate of drug-likeness (QED) is 0.576. The summed E-state index contributed by atoms with van der Waals surface area (Å²) in [5, 5.41) is 0. The molecule has 0 aromatic carbocycles. The topological polar surface area (TPSA) is 18.5 Å². The van der Waals surface area contributed by atoms with Crippen LogP contribution in [0, 0.1) is 11.3 Å². The molecule has 1 saturated heterocycles. The Morgan fingerprint density at radius 2 is 1.62 bits per heavy atom. The second-order valence-corrected chi connectivity index (χ2v) is 5.46. The SMILES string of the molecule is CC(C)(C)C1CCC2(CC1)OCO2. The maximum absolute atomic E-state index is 5.50. The van der Waals surface area contributed by atoms with Crippen molar-refractivity contribution in [3.63, 3.8) is 0 Å². The molecule has 1 spiro atoms. The fourth-order valence-corrected chi connectivity index (χ4v) is 2.44. The van der Waals surface area contributed by atoms with Crippen LogP contribution in [0.1, 0.15) is 46.5 Å². The van der Waals surface area contributed by atoms with E-state index in [0.717, 1.165) is 18.8 Å². The van der Waals surface area contributed by atoms with Gasteiger partial charge in [-0.3, -0.25) is 0 Å². The first-order valence-electron chi connectivity index (χ1n) is 5.30. The maximum atomic E-state index is 5.50. The van der Waals surface area contributed by atoms with E-state index < -0.39 is 0 Å². The first-order chi connectivity index (χ1) is 6.02. The lowest BCUT2D eigenvalue weighted by Gasteiger charge is -2.48. The van der Waals surface area contributed by atoms with Crippen LogP contribution in [0.4, 0.5) is 0 Å². The highest BCUT2D eigenvalue weighted by atomic mass is 16.9. The van der Waals surface area contributed by atoms with Gasteiger partial charge in [-0.15, -0.1) is 0 Å². The zero-order valence-electron chi connectivity index (χ0n) is 8.93. The Kier molecular flexibility index (Phi) is 2.16. The van der Waals surface area contributed by atoms with Crippen LogP contribution < -0.4 is 0 Å². The molecule has 0 aromatic rings. The predicted molar refractivity (Wildman–Crippen MR) is 51.2 cm³/mol. The van der Waals surface area contributed by atoms with Crippen LogP contribution in [0.2, 0.25) is 0 Å². The highest BCUT2D eigenvalue weighted by Gasteiger charge is 2.44. The summed E-state index contributed by atoms with van der Waals surface area (Å²) < 4.78 is 11.0. The van der Waals surface area contributed by atoms with E-state index in [1.54, 1.807) is 0 Å². The average Bonchev–Trinajstić information content (AvgIpc) is 2.00. The zero-order valence-corrected chi connectivity index (χ0v) is 8.93. The van der Waals surface area contributed by atoms with Crippen molar-refractivity contribution < 1.29 is 9.47 Å². The monoisotopic (exact) mass is 184 g/mol. The van der Waals surface area contributed by atoms with Gasteiger partial charge < -0.3 is 9.47 Å². The van der Waals surface area contributed by atoms with Crippen molar-refractivity contribution in [2.45, 2.75) is 52.2 Å². The van der Waals surface area contributed by atoms with Crippen molar-refractivity contribution in [1.82, 2.24) is 0 Å². The van der Waals surface area contributed by atoms with Gasteiger partial charge in [-0.05, 0) is 24.2 Å². The Hall–Kier alpha value is -0.0800. The number of hydrogen-bond donors (Lipinski definition) is 0. The van der Waals surface area contributed by atoms with E-state index in [9.17, 15) is 0 Å². The molecule has 0 radical (unpaired) electrons. The van der Waals surface area contributed by atoms with E-state index in [2.05, 4.69) is 20.8 Å². The first kappa shape index (κ1) is 9.47. The predicted octanol–water partition coefficient (Wildman–Crippen LogP) is 2.92. The van der Waals surface area contributed by atoms with E-state index >= 15 is 0 Å². The fourth-order valence-electron chi connectivity index (χ4n) is 2.44. The van der Waals surface area contributed by atoms with Crippen LogP contribution in [0.25, 0.3) is 0 Å². The fraction of sp³-hybridized carbons (Fsp3) is 1.00. The van der Waals surface area contributed by atoms with Crippen LogP contribution in [0.15, 0.2) is 0 Å². The molecule has 76 valence electrons. The van der Waals surface area contributed by atoms with Crippen LogP contribution in [-0.2, 0) is 9.47 Å². The van der Waals surface area contributed by atoms with Gasteiger partial charge in [0.25, 0.3) is 0 Å². The van der Waals surface area contributed by atoms with E-state index in [1.165, 1.54) is 12.8 Å². The summed E-state index contributed by atoms with van der Waals surface area (Å²) >= 11 is 0. The minimum atomic E-state index is -0.151. The standard InChI is InChI=1S/C11H20O2/c1-10(2,3)9-4-6-11(7-5-9)12-8-13-11/h9H,4-8H2,1-3H3. The number of hydrogen-bond acceptors (Lipinski definition) is 2. The van der Waals surface area contributed by atoms with Gasteiger partial charge >= 0.3 is 0 Å². The van der Waals surface area contributed by atoms with E-state index in [-0.39, 0.29) is 5.79 Å². The molecule has 0 atom stereocenters. The lowest BCUT2D eigenvalue weighted by Crippen LogP contribution is -2.50. The molecule has 0 N–H and O–H groups in total. The Morgan fingerprint density at radius 1 is 1.08 bits per heavy atom. The van der Waals surface area contributed by atoms with Gasteiger partial charge in [0.05, 0.1) is 0 Å². The summed E-state index contributed by atoms with van der Waals surface area (Å²) in [4.78, 5) is 0. The molecule has 1 aliphatic carbocycles. The van der Waals surface area contributed by atoms with Gasteiger partial charge in [0.2, 0.25) is 0 Å². The third-order valence-electron chi connectivity index (χ3n) is 3.62. The van der Waals surface area contributed by atoms with Gasteiger partial charge in [0.15, 0.2) is 12.6 Å². The Bertz CT molecular complexity index is 179. The van der Waals surface area contributed by atoms with Gasteiger partial charge in [0, 0.05) is 12.8 Å². The van der Waals surface area contributed by atoms with Crippen molar-refractivity contribution in [3.05, 3.63) is 0 Å². The molecule has 1 saturated carbocycles. The first-order valence-corrected chi connectivity index (χ1v) is 5.30. The third kappa shape index (κ3) is 1.75. The van der Waals surface area contributed by atoms with Gasteiger partial charge in [-0.2, -0.15) is 0 Å². The Labute approximate surface area is 80.6 Å². The number of rotatable bonds is 0. The molecule has 1 heterocycles. The molecule has 13 heavy (non-hydrogen) atoms. The summed E-state index contributed by atoms with van der Waals surface area (Å²) in [7, 11) is 0. The minimum Gasteiger partial charge on any atom is -0.324 e. The minimum absolute atomic E-state index is 0.151. The lowest BCUT2D eigenvalue weighted by atomic mass is 9.71. The van der Waals surface area contributed by atoms with Crippen LogP contribution >= 0.6 is 0 Å². The molecule has 1 aliphatic heterocycles. The summed E-state index contributed by atoms with van der Waals surface area (Å²) in [5.41, 5.74) is 0.450. The van der Waals surface area contributed by atoms with Crippen molar-refractivity contribution in [2.24, 2.45) is 11.3 Å². The molecular weight excluding hydrogens is 164 g/mol. The molecule has 2 rings (SSSR count). The molecule has 0 unspecified atom stereocenters. The summed E-state index contributed by atoms with van der Waals surface area (Å²) in [6, 6.07) is 0. The third-order valence-corrected chi connectivity index (χ3v) is 3.62. The van der Waals surface area contributed by atoms with Crippen molar-refractivity contribution >= 4 is 0 Å². The molecule has 0 bridgehead atoms. The summed E-state index contributed by atoms with van der Waals surface area (Å²) in [6.45, 7) is 7.51.